The number of hydrogen-bond donors (Lipinski definition) is 2. The van der Waals surface area contributed by atoms with Crippen molar-refractivity contribution < 1.29 is 10.2 Å². The quantitative estimate of drug-likeness (QED) is 0.0515. The summed E-state index contributed by atoms with van der Waals surface area (Å²) in [7, 11) is 0. The second-order valence-corrected chi connectivity index (χ2v) is 20.3. The van der Waals surface area contributed by atoms with E-state index < -0.39 is 0 Å². The summed E-state index contributed by atoms with van der Waals surface area (Å²) in [6, 6.07) is 12.5. The van der Waals surface area contributed by atoms with Crippen LogP contribution in [-0.4, -0.2) is 34.7 Å². The summed E-state index contributed by atoms with van der Waals surface area (Å²) in [4.78, 5) is 9.92. The maximum atomic E-state index is 10.9. The molecule has 2 N–H and O–H groups in total. The molecular formula is C60H102N2O2. The zero-order valence-electron chi connectivity index (χ0n) is 42.3. The van der Waals surface area contributed by atoms with Crippen molar-refractivity contribution in [2.45, 2.75) is 296 Å². The van der Waals surface area contributed by atoms with Crippen LogP contribution in [0, 0.1) is 0 Å². The predicted octanol–water partition coefficient (Wildman–Crippen LogP) is 19.1. The number of nitrogens with zero attached hydrogens (tertiary/aromatic N) is 2. The molecule has 1 fully saturated rings. The lowest BCUT2D eigenvalue weighted by molar-refractivity contribution is 0.390. The number of phenolic OH excluding ortho intramolecular Hbond substituents is 2. The van der Waals surface area contributed by atoms with Crippen molar-refractivity contribution in [1.82, 2.24) is 0 Å². The van der Waals surface area contributed by atoms with Crippen LogP contribution in [0.5, 0.6) is 11.5 Å². The van der Waals surface area contributed by atoms with Gasteiger partial charge in [-0.1, -0.05) is 257 Å². The average molecular weight is 883 g/mol. The first kappa shape index (κ1) is 55.7. The third kappa shape index (κ3) is 28.4. The highest BCUT2D eigenvalue weighted by atomic mass is 16.3. The Bertz CT molecular complexity index is 1330. The van der Waals surface area contributed by atoms with Gasteiger partial charge in [-0.15, -0.1) is 0 Å². The number of unbranched alkanes of at least 4 members (excludes halogenated alkanes) is 34. The summed E-state index contributed by atoms with van der Waals surface area (Å²) in [6.07, 6.45) is 60.3. The molecule has 0 spiro atoms. The molecule has 0 aliphatic heterocycles. The van der Waals surface area contributed by atoms with Crippen LogP contribution in [0.15, 0.2) is 46.4 Å². The summed E-state index contributed by atoms with van der Waals surface area (Å²) >= 11 is 0. The van der Waals surface area contributed by atoms with Gasteiger partial charge in [0.2, 0.25) is 0 Å². The molecule has 4 heteroatoms. The Morgan fingerprint density at radius 3 is 0.875 bits per heavy atom. The summed E-state index contributed by atoms with van der Waals surface area (Å²) in [5, 5.41) is 21.7. The van der Waals surface area contributed by atoms with Crippen LogP contribution in [0.1, 0.15) is 293 Å². The van der Waals surface area contributed by atoms with Crippen molar-refractivity contribution in [1.29, 1.82) is 0 Å². The van der Waals surface area contributed by atoms with Crippen molar-refractivity contribution in [3.05, 3.63) is 58.7 Å². The fraction of sp³-hybridized carbons (Fsp3) is 0.767. The van der Waals surface area contributed by atoms with Gasteiger partial charge in [0, 0.05) is 23.6 Å². The van der Waals surface area contributed by atoms with Gasteiger partial charge in [0.1, 0.15) is 11.5 Å². The van der Waals surface area contributed by atoms with E-state index in [1.165, 1.54) is 242 Å². The molecule has 3 rings (SSSR count). The van der Waals surface area contributed by atoms with E-state index in [0.717, 1.165) is 49.7 Å². The first-order chi connectivity index (χ1) is 31.6. The number of aliphatic imine (C=N–C) groups is 2. The summed E-state index contributed by atoms with van der Waals surface area (Å²) < 4.78 is 0. The first-order valence-electron chi connectivity index (χ1n) is 28.3. The molecule has 0 saturated heterocycles. The molecule has 1 unspecified atom stereocenters. The predicted molar refractivity (Wildman–Crippen MR) is 282 cm³/mol. The van der Waals surface area contributed by atoms with Gasteiger partial charge in [-0.05, 0) is 73.9 Å². The smallest absolute Gasteiger partial charge is 0.124 e. The number of hydrogen-bond acceptors (Lipinski definition) is 4. The van der Waals surface area contributed by atoms with E-state index in [9.17, 15) is 10.2 Å². The van der Waals surface area contributed by atoms with E-state index in [2.05, 4.69) is 26.0 Å². The minimum absolute atomic E-state index is 0.0924. The monoisotopic (exact) mass is 883 g/mol. The molecule has 2 atom stereocenters. The van der Waals surface area contributed by atoms with Gasteiger partial charge < -0.3 is 10.2 Å². The molecule has 1 saturated carbocycles. The summed E-state index contributed by atoms with van der Waals surface area (Å²) in [6.45, 7) is 4.59. The molecule has 2 aromatic carbocycles. The number of aryl methyl sites for hydroxylation is 2. The Kier molecular flexibility index (Phi) is 34.4. The van der Waals surface area contributed by atoms with Crippen molar-refractivity contribution >= 4 is 12.4 Å². The van der Waals surface area contributed by atoms with Crippen LogP contribution < -0.4 is 0 Å². The second kappa shape index (κ2) is 39.5. The van der Waals surface area contributed by atoms with Crippen LogP contribution in [0.25, 0.3) is 0 Å². The van der Waals surface area contributed by atoms with E-state index in [1.54, 1.807) is 0 Å². The van der Waals surface area contributed by atoms with Gasteiger partial charge in [0.25, 0.3) is 0 Å². The number of phenols is 2. The van der Waals surface area contributed by atoms with E-state index in [1.807, 2.05) is 36.7 Å². The molecule has 0 radical (unpaired) electrons. The molecule has 0 amide bonds. The van der Waals surface area contributed by atoms with Gasteiger partial charge in [0.05, 0.1) is 12.1 Å². The van der Waals surface area contributed by atoms with Crippen molar-refractivity contribution in [3.63, 3.8) is 0 Å². The Morgan fingerprint density at radius 2 is 0.625 bits per heavy atom. The molecule has 0 bridgehead atoms. The average Bonchev–Trinajstić information content (AvgIpc) is 3.30. The topological polar surface area (TPSA) is 65.2 Å². The van der Waals surface area contributed by atoms with Crippen molar-refractivity contribution in [2.24, 2.45) is 9.98 Å². The van der Waals surface area contributed by atoms with E-state index >= 15 is 0 Å². The number of aromatic hydroxyl groups is 2. The van der Waals surface area contributed by atoms with Gasteiger partial charge in [-0.25, -0.2) is 0 Å². The molecule has 1 aliphatic carbocycles. The summed E-state index contributed by atoms with van der Waals surface area (Å²) in [5.41, 5.74) is 4.01. The molecule has 4 nitrogen and oxygen atoms in total. The molecular weight excluding hydrogens is 781 g/mol. The third-order valence-corrected chi connectivity index (χ3v) is 14.3. The van der Waals surface area contributed by atoms with Gasteiger partial charge in [-0.2, -0.15) is 0 Å². The molecule has 0 heterocycles. The normalized spacial score (nSPS) is 15.6. The number of benzene rings is 2. The van der Waals surface area contributed by atoms with Gasteiger partial charge >= 0.3 is 0 Å². The molecule has 1 aliphatic rings. The summed E-state index contributed by atoms with van der Waals surface area (Å²) in [5.74, 6) is 0.657. The Morgan fingerprint density at radius 1 is 0.375 bits per heavy atom. The largest absolute Gasteiger partial charge is 0.507 e. The lowest BCUT2D eigenvalue weighted by atomic mass is 9.91. The Labute approximate surface area is 396 Å². The van der Waals surface area contributed by atoms with Crippen molar-refractivity contribution in [2.75, 3.05) is 0 Å². The molecule has 364 valence electrons. The Hall–Kier alpha value is -2.62. The zero-order valence-corrected chi connectivity index (χ0v) is 42.3. The lowest BCUT2D eigenvalue weighted by Crippen LogP contribution is -2.27. The molecule has 0 aromatic heterocycles. The fourth-order valence-corrected chi connectivity index (χ4v) is 9.96. The minimum Gasteiger partial charge on any atom is -0.507 e. The SMILES string of the molecule is CCCCCCCCCCCCCCCCCCCCc1ccc(C=NC2CCCC[C@@H]2N=Cc2ccc(CCCCCCCCCCCCCCCCCCCC)cc2O)c(O)c1. The van der Waals surface area contributed by atoms with Crippen LogP contribution in [0.3, 0.4) is 0 Å². The van der Waals surface area contributed by atoms with Crippen LogP contribution in [0.4, 0.5) is 0 Å². The van der Waals surface area contributed by atoms with Crippen LogP contribution in [0.2, 0.25) is 0 Å². The second-order valence-electron chi connectivity index (χ2n) is 20.3. The van der Waals surface area contributed by atoms with Crippen LogP contribution in [-0.2, 0) is 12.8 Å². The first-order valence-corrected chi connectivity index (χ1v) is 28.3. The number of rotatable bonds is 42. The standard InChI is InChI=1S/C60H102N2O2/c1-3-5-7-9-11-13-15-17-19-21-23-25-27-29-31-33-35-37-41-53-45-47-55(59(63)49-53)51-61-57-43-39-40-44-58(57)62-52-56-48-46-54(50-60(56)64)42-38-36-34-32-30-28-26-24-22-20-18-16-14-12-10-8-6-4-2/h45-52,57-58,63-64H,3-44H2,1-2H3/t57-,58?/m0/s1. The van der Waals surface area contributed by atoms with Gasteiger partial charge in [-0.3, -0.25) is 9.98 Å². The maximum Gasteiger partial charge on any atom is 0.124 e. The maximum absolute atomic E-state index is 10.9. The van der Waals surface area contributed by atoms with Crippen molar-refractivity contribution in [3.8, 4) is 11.5 Å². The fourth-order valence-electron chi connectivity index (χ4n) is 9.96. The minimum atomic E-state index is 0.0924. The Balaban J connectivity index is 1.21. The van der Waals surface area contributed by atoms with E-state index in [4.69, 9.17) is 9.98 Å². The van der Waals surface area contributed by atoms with E-state index in [0.29, 0.717) is 11.5 Å². The third-order valence-electron chi connectivity index (χ3n) is 14.3. The zero-order chi connectivity index (χ0) is 45.4. The van der Waals surface area contributed by atoms with Crippen LogP contribution >= 0.6 is 0 Å². The highest BCUT2D eigenvalue weighted by molar-refractivity contribution is 5.84. The van der Waals surface area contributed by atoms with Gasteiger partial charge in [0.15, 0.2) is 0 Å². The highest BCUT2D eigenvalue weighted by Gasteiger charge is 2.23. The molecule has 2 aromatic rings. The molecule has 64 heavy (non-hydrogen) atoms. The van der Waals surface area contributed by atoms with E-state index in [-0.39, 0.29) is 12.1 Å². The highest BCUT2D eigenvalue weighted by Crippen LogP contribution is 2.27. The lowest BCUT2D eigenvalue weighted by Gasteiger charge is -2.25.